The summed E-state index contributed by atoms with van der Waals surface area (Å²) in [4.78, 5) is 33.5. The normalized spacial score (nSPS) is 11.7. The molecule has 0 fully saturated rings. The highest BCUT2D eigenvalue weighted by atomic mass is 16.6. The molecule has 0 saturated heterocycles. The summed E-state index contributed by atoms with van der Waals surface area (Å²) in [5.41, 5.74) is 1.22. The molecule has 0 aliphatic rings. The largest absolute Gasteiger partial charge is 0.387 e. The summed E-state index contributed by atoms with van der Waals surface area (Å²) in [5.74, 6) is -0.873. The Hall–Kier alpha value is -3.52. The van der Waals surface area contributed by atoms with Crippen LogP contribution in [0.15, 0.2) is 60.7 Å². The lowest BCUT2D eigenvalue weighted by Gasteiger charge is -2.12. The molecule has 0 aliphatic heterocycles. The number of nitrogens with zero attached hydrogens (tertiary/aromatic N) is 1. The van der Waals surface area contributed by atoms with Crippen LogP contribution in [-0.2, 0) is 9.59 Å². The van der Waals surface area contributed by atoms with Crippen LogP contribution in [0.5, 0.6) is 0 Å². The third-order valence-electron chi connectivity index (χ3n) is 3.63. The molecule has 0 radical (unpaired) electrons. The quantitative estimate of drug-likeness (QED) is 0.370. The SMILES string of the molecule is O=C(/C=C/c1ccccc1)NCC(=O)NCC(O)c1ccc([N+](=O)[O-])cc1. The number of hydrogen-bond acceptors (Lipinski definition) is 5. The topological polar surface area (TPSA) is 122 Å². The highest BCUT2D eigenvalue weighted by Gasteiger charge is 2.12. The lowest BCUT2D eigenvalue weighted by molar-refractivity contribution is -0.384. The molecule has 2 aromatic rings. The van der Waals surface area contributed by atoms with Crippen molar-refractivity contribution in [2.75, 3.05) is 13.1 Å². The fourth-order valence-corrected chi connectivity index (χ4v) is 2.17. The molecule has 0 heterocycles. The van der Waals surface area contributed by atoms with Gasteiger partial charge < -0.3 is 15.7 Å². The van der Waals surface area contributed by atoms with E-state index < -0.39 is 22.8 Å². The van der Waals surface area contributed by atoms with Gasteiger partial charge in [-0.15, -0.1) is 0 Å². The number of amides is 2. The number of carbonyl (C=O) groups excluding carboxylic acids is 2. The Labute approximate surface area is 155 Å². The maximum absolute atomic E-state index is 11.8. The van der Waals surface area contributed by atoms with Crippen LogP contribution in [0.2, 0.25) is 0 Å². The average Bonchev–Trinajstić information content (AvgIpc) is 2.69. The van der Waals surface area contributed by atoms with Gasteiger partial charge in [-0.2, -0.15) is 0 Å². The van der Waals surface area contributed by atoms with Gasteiger partial charge >= 0.3 is 0 Å². The Morgan fingerprint density at radius 2 is 1.74 bits per heavy atom. The third kappa shape index (κ3) is 6.71. The van der Waals surface area contributed by atoms with Crippen LogP contribution in [0.4, 0.5) is 5.69 Å². The first-order chi connectivity index (χ1) is 13.0. The molecule has 3 N–H and O–H groups in total. The molecule has 0 aromatic heterocycles. The lowest BCUT2D eigenvalue weighted by Crippen LogP contribution is -2.38. The van der Waals surface area contributed by atoms with E-state index in [2.05, 4.69) is 10.6 Å². The Morgan fingerprint density at radius 3 is 2.37 bits per heavy atom. The number of hydrogen-bond donors (Lipinski definition) is 3. The van der Waals surface area contributed by atoms with E-state index in [1.807, 2.05) is 30.3 Å². The number of benzene rings is 2. The zero-order valence-corrected chi connectivity index (χ0v) is 14.4. The predicted molar refractivity (Wildman–Crippen MR) is 99.6 cm³/mol. The molecule has 2 amide bonds. The maximum atomic E-state index is 11.8. The molecule has 0 saturated carbocycles. The fourth-order valence-electron chi connectivity index (χ4n) is 2.17. The van der Waals surface area contributed by atoms with Crippen LogP contribution in [0.3, 0.4) is 0 Å². The smallest absolute Gasteiger partial charge is 0.269 e. The zero-order chi connectivity index (χ0) is 19.6. The zero-order valence-electron chi connectivity index (χ0n) is 14.4. The number of aliphatic hydroxyl groups is 1. The summed E-state index contributed by atoms with van der Waals surface area (Å²) in [7, 11) is 0. The van der Waals surface area contributed by atoms with E-state index in [4.69, 9.17) is 0 Å². The van der Waals surface area contributed by atoms with Crippen molar-refractivity contribution >= 4 is 23.6 Å². The first kappa shape index (κ1) is 19.8. The van der Waals surface area contributed by atoms with E-state index in [0.29, 0.717) is 5.56 Å². The Bertz CT molecular complexity index is 819. The van der Waals surface area contributed by atoms with E-state index in [9.17, 15) is 24.8 Å². The van der Waals surface area contributed by atoms with Crippen molar-refractivity contribution in [2.45, 2.75) is 6.10 Å². The van der Waals surface area contributed by atoms with Gasteiger partial charge in [-0.25, -0.2) is 0 Å². The number of non-ortho nitro benzene ring substituents is 1. The van der Waals surface area contributed by atoms with Gasteiger partial charge in [-0.3, -0.25) is 19.7 Å². The molecule has 8 heteroatoms. The molecule has 0 spiro atoms. The summed E-state index contributed by atoms with van der Waals surface area (Å²) in [6, 6.07) is 14.6. The summed E-state index contributed by atoms with van der Waals surface area (Å²) >= 11 is 0. The second kappa shape index (κ2) is 9.83. The molecule has 8 nitrogen and oxygen atoms in total. The highest BCUT2D eigenvalue weighted by Crippen LogP contribution is 2.17. The summed E-state index contributed by atoms with van der Waals surface area (Å²) < 4.78 is 0. The van der Waals surface area contributed by atoms with Crippen molar-refractivity contribution in [3.8, 4) is 0 Å². The van der Waals surface area contributed by atoms with Gasteiger partial charge in [0.25, 0.3) is 5.69 Å². The van der Waals surface area contributed by atoms with Gasteiger partial charge in [-0.05, 0) is 29.3 Å². The minimum Gasteiger partial charge on any atom is -0.387 e. The van der Waals surface area contributed by atoms with Crippen molar-refractivity contribution in [3.63, 3.8) is 0 Å². The number of nitrogens with one attached hydrogen (secondary N) is 2. The number of aliphatic hydroxyl groups excluding tert-OH is 1. The van der Waals surface area contributed by atoms with Crippen LogP contribution < -0.4 is 10.6 Å². The second-order valence-corrected chi connectivity index (χ2v) is 5.63. The Kier molecular flexibility index (Phi) is 7.21. The van der Waals surface area contributed by atoms with E-state index in [-0.39, 0.29) is 18.8 Å². The first-order valence-corrected chi connectivity index (χ1v) is 8.16. The second-order valence-electron chi connectivity index (χ2n) is 5.63. The third-order valence-corrected chi connectivity index (χ3v) is 3.63. The number of nitro groups is 1. The number of carbonyl (C=O) groups is 2. The van der Waals surface area contributed by atoms with E-state index in [1.165, 1.54) is 30.3 Å². The van der Waals surface area contributed by atoms with Gasteiger partial charge in [0.2, 0.25) is 11.8 Å². The van der Waals surface area contributed by atoms with Crippen LogP contribution in [0.1, 0.15) is 17.2 Å². The molecule has 140 valence electrons. The van der Waals surface area contributed by atoms with E-state index in [1.54, 1.807) is 6.08 Å². The molecule has 0 aliphatic carbocycles. The molecule has 27 heavy (non-hydrogen) atoms. The molecular formula is C19H19N3O5. The monoisotopic (exact) mass is 369 g/mol. The standard InChI is InChI=1S/C19H19N3O5/c23-17(15-7-9-16(10-8-15)22(26)27)12-20-19(25)13-21-18(24)11-6-14-4-2-1-3-5-14/h1-11,17,23H,12-13H2,(H,20,25)(H,21,24)/b11-6+. The van der Waals surface area contributed by atoms with Crippen LogP contribution in [0, 0.1) is 10.1 Å². The Morgan fingerprint density at radius 1 is 1.07 bits per heavy atom. The number of nitro benzene ring substituents is 1. The van der Waals surface area contributed by atoms with Gasteiger partial charge in [0, 0.05) is 24.8 Å². The average molecular weight is 369 g/mol. The lowest BCUT2D eigenvalue weighted by atomic mass is 10.1. The highest BCUT2D eigenvalue weighted by molar-refractivity contribution is 5.94. The molecule has 2 rings (SSSR count). The minimum atomic E-state index is -1.01. The van der Waals surface area contributed by atoms with Gasteiger partial charge in [0.15, 0.2) is 0 Å². The minimum absolute atomic E-state index is 0.0770. The molecule has 0 bridgehead atoms. The summed E-state index contributed by atoms with van der Waals surface area (Å²) in [6.45, 7) is -0.308. The fraction of sp³-hybridized carbons (Fsp3) is 0.158. The maximum Gasteiger partial charge on any atom is 0.269 e. The van der Waals surface area contributed by atoms with E-state index in [0.717, 1.165) is 5.56 Å². The van der Waals surface area contributed by atoms with Crippen LogP contribution >= 0.6 is 0 Å². The van der Waals surface area contributed by atoms with Crippen LogP contribution in [0.25, 0.3) is 6.08 Å². The molecular weight excluding hydrogens is 350 g/mol. The van der Waals surface area contributed by atoms with Gasteiger partial charge in [-0.1, -0.05) is 30.3 Å². The number of rotatable bonds is 8. The van der Waals surface area contributed by atoms with Crippen molar-refractivity contribution in [1.82, 2.24) is 10.6 Å². The first-order valence-electron chi connectivity index (χ1n) is 8.16. The summed E-state index contributed by atoms with van der Waals surface area (Å²) in [5, 5.41) is 25.5. The van der Waals surface area contributed by atoms with E-state index >= 15 is 0 Å². The Balaban J connectivity index is 1.73. The molecule has 1 unspecified atom stereocenters. The van der Waals surface area contributed by atoms with Crippen LogP contribution in [-0.4, -0.2) is 34.9 Å². The molecule has 1 atom stereocenters. The predicted octanol–water partition coefficient (Wildman–Crippen LogP) is 1.57. The van der Waals surface area contributed by atoms with Crippen molar-refractivity contribution in [1.29, 1.82) is 0 Å². The van der Waals surface area contributed by atoms with Crippen molar-refractivity contribution in [2.24, 2.45) is 0 Å². The van der Waals surface area contributed by atoms with Crippen molar-refractivity contribution < 1.29 is 19.6 Å². The summed E-state index contributed by atoms with van der Waals surface area (Å²) in [6.07, 6.45) is 1.95. The van der Waals surface area contributed by atoms with Gasteiger partial charge in [0.1, 0.15) is 0 Å². The van der Waals surface area contributed by atoms with Crippen molar-refractivity contribution in [3.05, 3.63) is 81.9 Å². The van der Waals surface area contributed by atoms with Gasteiger partial charge in [0.05, 0.1) is 17.6 Å². The molecule has 2 aromatic carbocycles.